The number of hydrogen-bond acceptors (Lipinski definition) is 5. The first-order valence-electron chi connectivity index (χ1n) is 7.85. The van der Waals surface area contributed by atoms with Gasteiger partial charge in [0.25, 0.3) is 0 Å². The molecule has 20 heavy (non-hydrogen) atoms. The minimum absolute atomic E-state index is 0.264. The van der Waals surface area contributed by atoms with E-state index in [2.05, 4.69) is 48.1 Å². The Kier molecular flexibility index (Phi) is 5.16. The molecule has 0 amide bonds. The van der Waals surface area contributed by atoms with Crippen molar-refractivity contribution in [1.82, 2.24) is 20.4 Å². The van der Waals surface area contributed by atoms with Crippen molar-refractivity contribution in [3.8, 4) is 0 Å². The van der Waals surface area contributed by atoms with Crippen molar-refractivity contribution in [1.29, 1.82) is 0 Å². The normalized spacial score (nSPS) is 23.4. The van der Waals surface area contributed by atoms with Gasteiger partial charge in [-0.3, -0.25) is 4.90 Å². The van der Waals surface area contributed by atoms with Crippen LogP contribution in [0.3, 0.4) is 0 Å². The van der Waals surface area contributed by atoms with Gasteiger partial charge in [-0.05, 0) is 18.8 Å². The minimum atomic E-state index is 0.264. The molecule has 1 aliphatic heterocycles. The molecule has 2 heterocycles. The Morgan fingerprint density at radius 2 is 2.20 bits per heavy atom. The molecule has 1 saturated heterocycles. The Balaban J connectivity index is 2.02. The molecule has 1 aromatic rings. The van der Waals surface area contributed by atoms with Crippen LogP contribution in [0.5, 0.6) is 0 Å². The molecule has 1 unspecified atom stereocenters. The van der Waals surface area contributed by atoms with Crippen LogP contribution >= 0.6 is 0 Å². The number of nitrogens with zero attached hydrogens (tertiary/aromatic N) is 3. The highest BCUT2D eigenvalue weighted by Gasteiger charge is 2.37. The first-order chi connectivity index (χ1) is 9.60. The molecular formula is C15H28N4O. The minimum Gasteiger partial charge on any atom is -0.340 e. The maximum Gasteiger partial charge on any atom is 0.227 e. The Bertz CT molecular complexity index is 387. The average molecular weight is 280 g/mol. The molecule has 2 rings (SSSR count). The second kappa shape index (κ2) is 6.68. The van der Waals surface area contributed by atoms with Gasteiger partial charge in [0, 0.05) is 37.6 Å². The summed E-state index contributed by atoms with van der Waals surface area (Å²) in [5.74, 6) is 1.39. The van der Waals surface area contributed by atoms with Crippen LogP contribution in [0.4, 0.5) is 0 Å². The maximum absolute atomic E-state index is 5.12. The second-order valence-electron chi connectivity index (χ2n) is 6.24. The van der Waals surface area contributed by atoms with Gasteiger partial charge in [-0.1, -0.05) is 32.9 Å². The summed E-state index contributed by atoms with van der Waals surface area (Å²) in [6, 6.07) is 0.587. The maximum atomic E-state index is 5.12. The zero-order valence-corrected chi connectivity index (χ0v) is 13.2. The van der Waals surface area contributed by atoms with Gasteiger partial charge in [-0.2, -0.15) is 4.98 Å². The molecule has 0 spiro atoms. The molecule has 114 valence electrons. The summed E-state index contributed by atoms with van der Waals surface area (Å²) in [7, 11) is 0. The van der Waals surface area contributed by atoms with Crippen LogP contribution in [-0.4, -0.2) is 46.3 Å². The molecule has 0 aliphatic carbocycles. The molecular weight excluding hydrogens is 252 g/mol. The fourth-order valence-electron chi connectivity index (χ4n) is 3.18. The fourth-order valence-corrected chi connectivity index (χ4v) is 3.18. The monoisotopic (exact) mass is 280 g/mol. The Morgan fingerprint density at radius 3 is 2.75 bits per heavy atom. The van der Waals surface area contributed by atoms with Crippen LogP contribution in [0, 0.1) is 5.92 Å². The lowest BCUT2D eigenvalue weighted by Gasteiger charge is -2.49. The third kappa shape index (κ3) is 3.38. The molecule has 5 heteroatoms. The number of rotatable bonds is 6. The lowest BCUT2D eigenvalue weighted by Crippen LogP contribution is -2.65. The number of nitrogens with one attached hydrogen (secondary N) is 1. The Labute approximate surface area is 122 Å². The van der Waals surface area contributed by atoms with Gasteiger partial charge >= 0.3 is 0 Å². The molecule has 1 N–H and O–H groups in total. The van der Waals surface area contributed by atoms with Crippen LogP contribution in [0.15, 0.2) is 10.9 Å². The third-order valence-electron chi connectivity index (χ3n) is 4.80. The van der Waals surface area contributed by atoms with Crippen molar-refractivity contribution in [2.45, 2.75) is 58.5 Å². The van der Waals surface area contributed by atoms with Crippen molar-refractivity contribution in [2.75, 3.05) is 19.6 Å². The smallest absolute Gasteiger partial charge is 0.227 e. The third-order valence-corrected chi connectivity index (χ3v) is 4.80. The molecule has 1 aliphatic rings. The number of aromatic nitrogens is 2. The summed E-state index contributed by atoms with van der Waals surface area (Å²) in [5, 5.41) is 7.48. The average Bonchev–Trinajstić information content (AvgIpc) is 2.97. The van der Waals surface area contributed by atoms with E-state index in [4.69, 9.17) is 4.52 Å². The van der Waals surface area contributed by atoms with E-state index in [-0.39, 0.29) is 5.54 Å². The van der Waals surface area contributed by atoms with Crippen molar-refractivity contribution in [2.24, 2.45) is 5.92 Å². The first-order valence-corrected chi connectivity index (χ1v) is 7.85. The summed E-state index contributed by atoms with van der Waals surface area (Å²) in [6.07, 6.45) is 4.67. The molecule has 1 atom stereocenters. The summed E-state index contributed by atoms with van der Waals surface area (Å²) in [6.45, 7) is 12.3. The second-order valence-corrected chi connectivity index (χ2v) is 6.24. The van der Waals surface area contributed by atoms with Gasteiger partial charge < -0.3 is 9.84 Å². The quantitative estimate of drug-likeness (QED) is 0.865. The zero-order valence-electron chi connectivity index (χ0n) is 13.2. The van der Waals surface area contributed by atoms with Crippen LogP contribution in [0.2, 0.25) is 0 Å². The van der Waals surface area contributed by atoms with Gasteiger partial charge in [0.05, 0.1) is 0 Å². The van der Waals surface area contributed by atoms with Crippen LogP contribution in [0.25, 0.3) is 0 Å². The number of hydrogen-bond donors (Lipinski definition) is 1. The summed E-state index contributed by atoms with van der Waals surface area (Å²) < 4.78 is 5.12. The number of piperazine rings is 1. The van der Waals surface area contributed by atoms with Crippen molar-refractivity contribution < 1.29 is 4.52 Å². The fraction of sp³-hybridized carbons (Fsp3) is 0.867. The zero-order chi connectivity index (χ0) is 14.6. The van der Waals surface area contributed by atoms with Gasteiger partial charge in [0.2, 0.25) is 5.89 Å². The van der Waals surface area contributed by atoms with E-state index in [0.29, 0.717) is 12.0 Å². The standard InChI is InChI=1S/C15H28N4O/c1-5-15(6-2)10-19(13(9-17-15)12(3)4)8-7-14-16-11-18-20-14/h11-13,17H,5-10H2,1-4H3. The van der Waals surface area contributed by atoms with Gasteiger partial charge in [-0.15, -0.1) is 0 Å². The Hall–Kier alpha value is -0.940. The lowest BCUT2D eigenvalue weighted by molar-refractivity contribution is 0.0498. The van der Waals surface area contributed by atoms with E-state index in [1.54, 1.807) is 0 Å². The van der Waals surface area contributed by atoms with Crippen molar-refractivity contribution >= 4 is 0 Å². The summed E-state index contributed by atoms with van der Waals surface area (Å²) in [5.41, 5.74) is 0.264. The van der Waals surface area contributed by atoms with E-state index in [0.717, 1.165) is 31.9 Å². The van der Waals surface area contributed by atoms with Crippen molar-refractivity contribution in [3.05, 3.63) is 12.2 Å². The molecule has 1 fully saturated rings. The molecule has 1 aromatic heterocycles. The van der Waals surface area contributed by atoms with Gasteiger partial charge in [0.1, 0.15) is 0 Å². The van der Waals surface area contributed by atoms with E-state index in [1.807, 2.05) is 0 Å². The summed E-state index contributed by atoms with van der Waals surface area (Å²) >= 11 is 0. The highest BCUT2D eigenvalue weighted by atomic mass is 16.5. The van der Waals surface area contributed by atoms with Crippen LogP contribution in [0.1, 0.15) is 46.4 Å². The SMILES string of the molecule is CCC1(CC)CN(CCc2ncno2)C(C(C)C)CN1. The van der Waals surface area contributed by atoms with Crippen LogP contribution in [-0.2, 0) is 6.42 Å². The predicted molar refractivity (Wildman–Crippen MR) is 79.5 cm³/mol. The molecule has 0 aromatic carbocycles. The van der Waals surface area contributed by atoms with E-state index >= 15 is 0 Å². The topological polar surface area (TPSA) is 54.2 Å². The van der Waals surface area contributed by atoms with Crippen LogP contribution < -0.4 is 5.32 Å². The highest BCUT2D eigenvalue weighted by molar-refractivity contribution is 4.98. The lowest BCUT2D eigenvalue weighted by atomic mass is 9.86. The molecule has 0 bridgehead atoms. The predicted octanol–water partition coefficient (Wildman–Crippen LogP) is 2.10. The van der Waals surface area contributed by atoms with E-state index in [1.165, 1.54) is 19.2 Å². The largest absolute Gasteiger partial charge is 0.340 e. The molecule has 0 saturated carbocycles. The van der Waals surface area contributed by atoms with E-state index in [9.17, 15) is 0 Å². The van der Waals surface area contributed by atoms with Crippen molar-refractivity contribution in [3.63, 3.8) is 0 Å². The van der Waals surface area contributed by atoms with Gasteiger partial charge in [-0.25, -0.2) is 0 Å². The first kappa shape index (κ1) is 15.4. The molecule has 5 nitrogen and oxygen atoms in total. The van der Waals surface area contributed by atoms with Gasteiger partial charge in [0.15, 0.2) is 6.33 Å². The summed E-state index contributed by atoms with van der Waals surface area (Å²) in [4.78, 5) is 6.74. The van der Waals surface area contributed by atoms with E-state index < -0.39 is 0 Å². The molecule has 0 radical (unpaired) electrons. The highest BCUT2D eigenvalue weighted by Crippen LogP contribution is 2.25. The Morgan fingerprint density at radius 1 is 1.45 bits per heavy atom.